The summed E-state index contributed by atoms with van der Waals surface area (Å²) in [5.41, 5.74) is 15.2. The molecule has 3 heterocycles. The van der Waals surface area contributed by atoms with Gasteiger partial charge in [0.15, 0.2) is 0 Å². The van der Waals surface area contributed by atoms with Crippen molar-refractivity contribution in [1.29, 1.82) is 0 Å². The van der Waals surface area contributed by atoms with Gasteiger partial charge in [0.1, 0.15) is 0 Å². The number of nitrogens with zero attached hydrogens (tertiary/aromatic N) is 4. The predicted octanol–water partition coefficient (Wildman–Crippen LogP) is 13.0. The second-order valence-corrected chi connectivity index (χ2v) is 16.2. The standard InChI is InChI=1S/C54H42N4/c1-3-15-35(16-4-1)36-27-29-37(30-28-36)53-43-22-9-12-24-47(43)55-54(56-53)58-49-26-14-11-23-44(49)52-42-21-8-7-19-40(42)45(34-51(52)58)38-31-32-50-46(33-38)41-20-10-13-25-48(41)57(50)39-17-5-2-6-18-39/h1-10,12-17,19-22,24-29,31-32,34,37,39,46H,11,18,23,30,33H2. The highest BCUT2D eigenvalue weighted by molar-refractivity contribution is 6.14. The van der Waals surface area contributed by atoms with Crippen LogP contribution in [0.4, 0.5) is 5.69 Å². The summed E-state index contributed by atoms with van der Waals surface area (Å²) in [5.74, 6) is 1.19. The van der Waals surface area contributed by atoms with Crippen LogP contribution in [0.15, 0.2) is 176 Å². The summed E-state index contributed by atoms with van der Waals surface area (Å²) < 4.78 is 2.38. The van der Waals surface area contributed by atoms with E-state index in [0.29, 0.717) is 12.0 Å². The van der Waals surface area contributed by atoms with E-state index >= 15 is 0 Å². The molecular weight excluding hydrogens is 705 g/mol. The number of aromatic nitrogens is 3. The Bertz CT molecular complexity index is 3060. The zero-order valence-electron chi connectivity index (χ0n) is 32.3. The predicted molar refractivity (Wildman–Crippen MR) is 241 cm³/mol. The number of allylic oxidation sites excluding steroid dienone is 11. The van der Waals surface area contributed by atoms with Crippen molar-refractivity contribution >= 4 is 55.5 Å². The van der Waals surface area contributed by atoms with E-state index in [1.165, 1.54) is 72.2 Å². The van der Waals surface area contributed by atoms with E-state index in [1.54, 1.807) is 0 Å². The fourth-order valence-electron chi connectivity index (χ4n) is 10.4. The smallest absolute Gasteiger partial charge is 0.235 e. The molecule has 5 aromatic carbocycles. The van der Waals surface area contributed by atoms with Crippen LogP contribution in [-0.2, 0) is 6.42 Å². The first-order valence-corrected chi connectivity index (χ1v) is 20.9. The van der Waals surface area contributed by atoms with E-state index in [0.717, 1.165) is 54.6 Å². The van der Waals surface area contributed by atoms with E-state index in [-0.39, 0.29) is 5.92 Å². The molecule has 3 unspecified atom stereocenters. The number of aryl methyl sites for hydroxylation is 1. The van der Waals surface area contributed by atoms with E-state index in [9.17, 15) is 0 Å². The molecule has 58 heavy (non-hydrogen) atoms. The van der Waals surface area contributed by atoms with E-state index < -0.39 is 0 Å². The third kappa shape index (κ3) is 5.21. The first-order chi connectivity index (χ1) is 28.8. The molecule has 0 radical (unpaired) electrons. The van der Waals surface area contributed by atoms with Gasteiger partial charge in [-0.05, 0) is 107 Å². The summed E-state index contributed by atoms with van der Waals surface area (Å²) in [6.45, 7) is 0. The zero-order valence-corrected chi connectivity index (χ0v) is 32.3. The maximum atomic E-state index is 5.56. The number of benzene rings is 5. The van der Waals surface area contributed by atoms with Crippen molar-refractivity contribution in [3.05, 3.63) is 209 Å². The monoisotopic (exact) mass is 746 g/mol. The van der Waals surface area contributed by atoms with Gasteiger partial charge in [0.25, 0.3) is 0 Å². The lowest BCUT2D eigenvalue weighted by Crippen LogP contribution is -2.32. The zero-order chi connectivity index (χ0) is 38.2. The summed E-state index contributed by atoms with van der Waals surface area (Å²) in [7, 11) is 0. The van der Waals surface area contributed by atoms with Crippen molar-refractivity contribution < 1.29 is 0 Å². The summed E-state index contributed by atoms with van der Waals surface area (Å²) in [6.07, 6.45) is 30.3. The van der Waals surface area contributed by atoms with Crippen molar-refractivity contribution in [3.8, 4) is 5.95 Å². The molecule has 1 aliphatic heterocycles. The molecular formula is C54H42N4. The molecule has 0 spiro atoms. The molecule has 0 fully saturated rings. The molecule has 4 heteroatoms. The quantitative estimate of drug-likeness (QED) is 0.176. The Kier molecular flexibility index (Phi) is 7.72. The minimum atomic E-state index is 0.144. The van der Waals surface area contributed by atoms with E-state index in [2.05, 4.69) is 185 Å². The van der Waals surface area contributed by atoms with Crippen LogP contribution in [0.1, 0.15) is 71.2 Å². The lowest BCUT2D eigenvalue weighted by Gasteiger charge is -2.32. The van der Waals surface area contributed by atoms with Crippen molar-refractivity contribution in [1.82, 2.24) is 14.5 Å². The Hall–Kier alpha value is -6.78. The summed E-state index contributed by atoms with van der Waals surface area (Å²) >= 11 is 0. The van der Waals surface area contributed by atoms with E-state index in [1.807, 2.05) is 0 Å². The first kappa shape index (κ1) is 33.4. The number of rotatable bonds is 5. The number of fused-ring (bicyclic) bond motifs is 9. The molecule has 0 amide bonds. The molecule has 5 aliphatic rings. The molecule has 4 nitrogen and oxygen atoms in total. The fraction of sp³-hybridized carbons (Fsp3) is 0.148. The number of para-hydroxylation sites is 2. The molecule has 0 bridgehead atoms. The van der Waals surface area contributed by atoms with Crippen LogP contribution in [0, 0.1) is 0 Å². The number of anilines is 1. The van der Waals surface area contributed by atoms with Gasteiger partial charge in [-0.1, -0.05) is 146 Å². The number of hydrogen-bond acceptors (Lipinski definition) is 3. The van der Waals surface area contributed by atoms with Crippen molar-refractivity contribution in [2.45, 2.75) is 50.0 Å². The van der Waals surface area contributed by atoms with Crippen molar-refractivity contribution in [3.63, 3.8) is 0 Å². The normalized spacial score (nSPS) is 20.6. The lowest BCUT2D eigenvalue weighted by molar-refractivity contribution is 0.722. The fourth-order valence-corrected chi connectivity index (χ4v) is 10.4. The van der Waals surface area contributed by atoms with Crippen molar-refractivity contribution in [2.75, 3.05) is 4.90 Å². The molecule has 4 aliphatic carbocycles. The first-order valence-electron chi connectivity index (χ1n) is 20.9. The van der Waals surface area contributed by atoms with Gasteiger partial charge >= 0.3 is 0 Å². The van der Waals surface area contributed by atoms with Gasteiger partial charge in [-0.2, -0.15) is 0 Å². The van der Waals surface area contributed by atoms with Crippen molar-refractivity contribution in [2.24, 2.45) is 0 Å². The molecule has 278 valence electrons. The Balaban J connectivity index is 1.03. The molecule has 0 saturated heterocycles. The molecule has 12 rings (SSSR count). The Morgan fingerprint density at radius 3 is 2.38 bits per heavy atom. The van der Waals surface area contributed by atoms with Gasteiger partial charge < -0.3 is 4.90 Å². The molecule has 0 N–H and O–H groups in total. The molecule has 3 atom stereocenters. The Morgan fingerprint density at radius 1 is 0.690 bits per heavy atom. The van der Waals surface area contributed by atoms with Gasteiger partial charge in [0.2, 0.25) is 5.95 Å². The molecule has 2 aromatic heterocycles. The Morgan fingerprint density at radius 2 is 1.52 bits per heavy atom. The largest absolute Gasteiger partial charge is 0.337 e. The van der Waals surface area contributed by atoms with Crippen LogP contribution in [0.5, 0.6) is 0 Å². The second-order valence-electron chi connectivity index (χ2n) is 16.2. The van der Waals surface area contributed by atoms with E-state index in [4.69, 9.17) is 9.97 Å². The minimum Gasteiger partial charge on any atom is -0.337 e. The maximum absolute atomic E-state index is 5.56. The summed E-state index contributed by atoms with van der Waals surface area (Å²) in [4.78, 5) is 13.5. The topological polar surface area (TPSA) is 34.0 Å². The highest BCUT2D eigenvalue weighted by atomic mass is 15.2. The van der Waals surface area contributed by atoms with Gasteiger partial charge in [0, 0.05) is 34.0 Å². The van der Waals surface area contributed by atoms with Crippen LogP contribution >= 0.6 is 0 Å². The Labute approximate surface area is 338 Å². The van der Waals surface area contributed by atoms with Crippen LogP contribution < -0.4 is 4.90 Å². The van der Waals surface area contributed by atoms with Gasteiger partial charge in [0.05, 0.1) is 28.5 Å². The van der Waals surface area contributed by atoms with Gasteiger partial charge in [-0.3, -0.25) is 4.57 Å². The van der Waals surface area contributed by atoms with Crippen LogP contribution in [0.3, 0.4) is 0 Å². The maximum Gasteiger partial charge on any atom is 0.235 e. The van der Waals surface area contributed by atoms with Gasteiger partial charge in [-0.15, -0.1) is 0 Å². The lowest BCUT2D eigenvalue weighted by atomic mass is 9.83. The van der Waals surface area contributed by atoms with Crippen LogP contribution in [-0.4, -0.2) is 20.6 Å². The molecule has 0 saturated carbocycles. The SMILES string of the molecule is C1=CCC(N2C3=CC=C(c4cc5c(c6c(n5-c5nc(C7C=CC(c8ccccc8)=CC7)c7ccccc7n5)C=CCC6)c5ccccc45)CC3c3ccccc32)C=C1. The second kappa shape index (κ2) is 13.4. The van der Waals surface area contributed by atoms with Crippen LogP contribution in [0.25, 0.3) is 55.7 Å². The third-order valence-corrected chi connectivity index (χ3v) is 13.1. The average molecular weight is 747 g/mol. The minimum absolute atomic E-state index is 0.144. The highest BCUT2D eigenvalue weighted by Crippen LogP contribution is 2.52. The third-order valence-electron chi connectivity index (χ3n) is 13.1. The summed E-state index contributed by atoms with van der Waals surface area (Å²) in [5, 5.41) is 5.06. The summed E-state index contributed by atoms with van der Waals surface area (Å²) in [6, 6.07) is 40.2. The van der Waals surface area contributed by atoms with Gasteiger partial charge in [-0.25, -0.2) is 9.97 Å². The van der Waals surface area contributed by atoms with Crippen LogP contribution in [0.2, 0.25) is 0 Å². The number of hydrogen-bond donors (Lipinski definition) is 0. The molecule has 7 aromatic rings. The average Bonchev–Trinajstić information content (AvgIpc) is 3.82. The highest BCUT2D eigenvalue weighted by Gasteiger charge is 2.38.